The molecule has 1 saturated heterocycles. The third kappa shape index (κ3) is 5.01. The zero-order valence-electron chi connectivity index (χ0n) is 18.8. The number of aliphatic hydroxyl groups excluding tert-OH is 1. The Morgan fingerprint density at radius 2 is 1.77 bits per heavy atom. The number of aromatic nitrogens is 3. The molecule has 5 rings (SSSR count). The van der Waals surface area contributed by atoms with Gasteiger partial charge in [0.15, 0.2) is 0 Å². The van der Waals surface area contributed by atoms with E-state index in [1.807, 2.05) is 47.8 Å². The van der Waals surface area contributed by atoms with Crippen LogP contribution in [0.1, 0.15) is 49.8 Å². The SMILES string of the molecule is O=C(OCc1cn([C@H]2C[C@H](c3ccccc3)N(C(=O)c3cccs3)C[C@@H]2O)nn1)c1ccccc1. The highest BCUT2D eigenvalue weighted by Crippen LogP contribution is 2.38. The van der Waals surface area contributed by atoms with Gasteiger partial charge < -0.3 is 14.7 Å². The number of hydrogen-bond acceptors (Lipinski definition) is 7. The van der Waals surface area contributed by atoms with Crippen LogP contribution in [0.5, 0.6) is 0 Å². The summed E-state index contributed by atoms with van der Waals surface area (Å²) in [6.45, 7) is 0.140. The Morgan fingerprint density at radius 1 is 1.03 bits per heavy atom. The van der Waals surface area contributed by atoms with Crippen molar-refractivity contribution < 1.29 is 19.4 Å². The number of hydrogen-bond donors (Lipinski definition) is 1. The third-order valence-corrected chi connectivity index (χ3v) is 6.96. The lowest BCUT2D eigenvalue weighted by molar-refractivity contribution is -0.00385. The van der Waals surface area contributed by atoms with Gasteiger partial charge in [-0.3, -0.25) is 4.79 Å². The summed E-state index contributed by atoms with van der Waals surface area (Å²) >= 11 is 1.39. The summed E-state index contributed by atoms with van der Waals surface area (Å²) in [4.78, 5) is 27.8. The lowest BCUT2D eigenvalue weighted by atomic mass is 9.90. The molecule has 0 spiro atoms. The van der Waals surface area contributed by atoms with Gasteiger partial charge in [-0.25, -0.2) is 9.48 Å². The summed E-state index contributed by atoms with van der Waals surface area (Å²) in [5.74, 6) is -0.539. The molecule has 178 valence electrons. The minimum absolute atomic E-state index is 0.0261. The van der Waals surface area contributed by atoms with Crippen molar-refractivity contribution in [3.63, 3.8) is 0 Å². The average molecular weight is 489 g/mol. The highest BCUT2D eigenvalue weighted by molar-refractivity contribution is 7.12. The number of ether oxygens (including phenoxy) is 1. The van der Waals surface area contributed by atoms with Gasteiger partial charge >= 0.3 is 5.97 Å². The molecular weight excluding hydrogens is 464 g/mol. The van der Waals surface area contributed by atoms with Gasteiger partial charge in [-0.05, 0) is 35.6 Å². The number of benzene rings is 2. The molecule has 0 saturated carbocycles. The molecule has 0 unspecified atom stereocenters. The zero-order valence-corrected chi connectivity index (χ0v) is 19.6. The number of aliphatic hydroxyl groups is 1. The highest BCUT2D eigenvalue weighted by atomic mass is 32.1. The maximum absolute atomic E-state index is 13.2. The summed E-state index contributed by atoms with van der Waals surface area (Å²) in [5.41, 5.74) is 1.94. The maximum atomic E-state index is 13.2. The molecule has 1 fully saturated rings. The van der Waals surface area contributed by atoms with Crippen LogP contribution in [-0.2, 0) is 11.3 Å². The van der Waals surface area contributed by atoms with Crippen molar-refractivity contribution in [2.24, 2.45) is 0 Å². The molecule has 2 aromatic carbocycles. The predicted octanol–water partition coefficient (Wildman–Crippen LogP) is 3.89. The first-order chi connectivity index (χ1) is 17.1. The Hall–Kier alpha value is -3.82. The highest BCUT2D eigenvalue weighted by Gasteiger charge is 2.39. The molecule has 3 atom stereocenters. The molecule has 1 amide bonds. The van der Waals surface area contributed by atoms with Crippen molar-refractivity contribution in [2.75, 3.05) is 6.54 Å². The van der Waals surface area contributed by atoms with E-state index in [2.05, 4.69) is 10.3 Å². The van der Waals surface area contributed by atoms with Gasteiger partial charge in [-0.2, -0.15) is 0 Å². The van der Waals surface area contributed by atoms with Gasteiger partial charge in [0, 0.05) is 6.54 Å². The van der Waals surface area contributed by atoms with E-state index in [4.69, 9.17) is 4.74 Å². The minimum Gasteiger partial charge on any atom is -0.455 e. The van der Waals surface area contributed by atoms with E-state index < -0.39 is 18.1 Å². The molecule has 35 heavy (non-hydrogen) atoms. The van der Waals surface area contributed by atoms with Gasteiger partial charge in [0.2, 0.25) is 0 Å². The van der Waals surface area contributed by atoms with E-state index in [9.17, 15) is 14.7 Å². The number of piperidine rings is 1. The fourth-order valence-corrected chi connectivity index (χ4v) is 5.02. The molecule has 0 bridgehead atoms. The van der Waals surface area contributed by atoms with Crippen LogP contribution in [0.15, 0.2) is 84.4 Å². The summed E-state index contributed by atoms with van der Waals surface area (Å²) < 4.78 is 6.96. The molecule has 4 aromatic rings. The molecular formula is C26H24N4O4S. The normalized spacial score (nSPS) is 19.9. The van der Waals surface area contributed by atoms with Gasteiger partial charge in [0.05, 0.1) is 34.8 Å². The van der Waals surface area contributed by atoms with E-state index in [0.29, 0.717) is 22.6 Å². The van der Waals surface area contributed by atoms with Crippen molar-refractivity contribution >= 4 is 23.2 Å². The Morgan fingerprint density at radius 3 is 2.49 bits per heavy atom. The number of likely N-dealkylation sites (tertiary alicyclic amines) is 1. The first-order valence-corrected chi connectivity index (χ1v) is 12.2. The first-order valence-electron chi connectivity index (χ1n) is 11.3. The monoisotopic (exact) mass is 488 g/mol. The third-order valence-electron chi connectivity index (χ3n) is 6.10. The maximum Gasteiger partial charge on any atom is 0.338 e. The lowest BCUT2D eigenvalue weighted by Crippen LogP contribution is -2.49. The number of nitrogens with zero attached hydrogens (tertiary/aromatic N) is 4. The molecule has 2 aromatic heterocycles. The molecule has 8 nitrogen and oxygen atoms in total. The molecule has 9 heteroatoms. The molecule has 0 radical (unpaired) electrons. The molecule has 1 N–H and O–H groups in total. The quantitative estimate of drug-likeness (QED) is 0.414. The van der Waals surface area contributed by atoms with E-state index in [1.54, 1.807) is 46.1 Å². The number of β-amino-alcohol motifs (C(OH)–C–C–N with tert-alkyl or cyclic N) is 1. The van der Waals surface area contributed by atoms with Crippen LogP contribution in [0.2, 0.25) is 0 Å². The van der Waals surface area contributed by atoms with Gasteiger partial charge in [0.25, 0.3) is 5.91 Å². The largest absolute Gasteiger partial charge is 0.455 e. The smallest absolute Gasteiger partial charge is 0.338 e. The van der Waals surface area contributed by atoms with Crippen molar-refractivity contribution in [1.82, 2.24) is 19.9 Å². The van der Waals surface area contributed by atoms with Crippen LogP contribution in [0.4, 0.5) is 0 Å². The Balaban J connectivity index is 1.33. The number of amides is 1. The zero-order chi connectivity index (χ0) is 24.2. The van der Waals surface area contributed by atoms with Crippen LogP contribution < -0.4 is 0 Å². The molecule has 1 aliphatic heterocycles. The fraction of sp³-hybridized carbons (Fsp3) is 0.231. The van der Waals surface area contributed by atoms with Gasteiger partial charge in [-0.1, -0.05) is 59.8 Å². The number of thiophene rings is 1. The number of esters is 1. The van der Waals surface area contributed by atoms with Gasteiger partial charge in [-0.15, -0.1) is 16.4 Å². The van der Waals surface area contributed by atoms with Crippen LogP contribution in [0.25, 0.3) is 0 Å². The first kappa shape index (κ1) is 22.9. The number of carbonyl (C=O) groups is 2. The van der Waals surface area contributed by atoms with Crippen molar-refractivity contribution in [3.05, 3.63) is 106 Å². The second kappa shape index (κ2) is 10.2. The summed E-state index contributed by atoms with van der Waals surface area (Å²) in [6.07, 6.45) is 1.32. The van der Waals surface area contributed by atoms with Crippen LogP contribution in [-0.4, -0.2) is 49.5 Å². The summed E-state index contributed by atoms with van der Waals surface area (Å²) in [5, 5.41) is 21.2. The summed E-state index contributed by atoms with van der Waals surface area (Å²) in [6, 6.07) is 21.6. The van der Waals surface area contributed by atoms with E-state index in [0.717, 1.165) is 5.56 Å². The Kier molecular flexibility index (Phi) is 6.69. The van der Waals surface area contributed by atoms with E-state index >= 15 is 0 Å². The molecule has 1 aliphatic rings. The molecule has 0 aliphatic carbocycles. The van der Waals surface area contributed by atoms with E-state index in [1.165, 1.54) is 11.3 Å². The molecule has 3 heterocycles. The number of carbonyl (C=O) groups excluding carboxylic acids is 2. The fourth-order valence-electron chi connectivity index (χ4n) is 4.34. The van der Waals surface area contributed by atoms with Crippen molar-refractivity contribution in [3.8, 4) is 0 Å². The van der Waals surface area contributed by atoms with Crippen LogP contribution >= 0.6 is 11.3 Å². The second-order valence-corrected chi connectivity index (χ2v) is 9.31. The second-order valence-electron chi connectivity index (χ2n) is 8.36. The predicted molar refractivity (Wildman–Crippen MR) is 130 cm³/mol. The van der Waals surface area contributed by atoms with Gasteiger partial charge in [0.1, 0.15) is 12.3 Å². The Labute approximate surface area is 206 Å². The minimum atomic E-state index is -0.833. The Bertz CT molecular complexity index is 1280. The van der Waals surface area contributed by atoms with Crippen molar-refractivity contribution in [2.45, 2.75) is 31.2 Å². The standard InChI is InChI=1S/C26H24N4O4S/c31-23-16-29(25(32)24-12-7-13-35-24)21(18-8-3-1-4-9-18)14-22(23)30-15-20(27-28-30)17-34-26(33)19-10-5-2-6-11-19/h1-13,15,21-23,31H,14,16-17H2/t21-,22+,23+/m1/s1. The lowest BCUT2D eigenvalue weighted by Gasteiger charge is -2.42. The average Bonchev–Trinajstić information content (AvgIpc) is 3.60. The topological polar surface area (TPSA) is 97.5 Å². The summed E-state index contributed by atoms with van der Waals surface area (Å²) in [7, 11) is 0. The van der Waals surface area contributed by atoms with Crippen molar-refractivity contribution in [1.29, 1.82) is 0 Å². The number of rotatable bonds is 6. The van der Waals surface area contributed by atoms with Crippen LogP contribution in [0.3, 0.4) is 0 Å². The van der Waals surface area contributed by atoms with Crippen LogP contribution in [0, 0.1) is 0 Å². The van der Waals surface area contributed by atoms with E-state index in [-0.39, 0.29) is 25.1 Å².